The van der Waals surface area contributed by atoms with E-state index in [1.54, 1.807) is 0 Å². The molecule has 104 valence electrons. The van der Waals surface area contributed by atoms with Crippen LogP contribution in [0.4, 0.5) is 0 Å². The van der Waals surface area contributed by atoms with Crippen molar-refractivity contribution in [2.24, 2.45) is 0 Å². The summed E-state index contributed by atoms with van der Waals surface area (Å²) in [5, 5.41) is 11.1. The van der Waals surface area contributed by atoms with Gasteiger partial charge in [0.2, 0.25) is 0 Å². The minimum absolute atomic E-state index is 0.0971. The van der Waals surface area contributed by atoms with Crippen molar-refractivity contribution in [2.45, 2.75) is 25.0 Å². The molecule has 2 nitrogen and oxygen atoms in total. The molecule has 0 saturated heterocycles. The van der Waals surface area contributed by atoms with Crippen LogP contribution < -0.4 is 0 Å². The molecule has 0 aliphatic carbocycles. The largest absolute Gasteiger partial charge is 0.385 e. The van der Waals surface area contributed by atoms with E-state index < -0.39 is 5.60 Å². The first kappa shape index (κ1) is 13.3. The second-order valence-corrected chi connectivity index (χ2v) is 5.96. The van der Waals surface area contributed by atoms with Gasteiger partial charge in [0.25, 0.3) is 0 Å². The van der Waals surface area contributed by atoms with Gasteiger partial charge in [-0.25, -0.2) is 0 Å². The highest BCUT2D eigenvalue weighted by atomic mass is 16.3. The van der Waals surface area contributed by atoms with Crippen molar-refractivity contribution in [3.8, 4) is 0 Å². The molecule has 2 heteroatoms. The van der Waals surface area contributed by atoms with Gasteiger partial charge in [0.05, 0.1) is 5.60 Å². The molecule has 3 rings (SSSR count). The zero-order chi connectivity index (χ0) is 14.2. The monoisotopic (exact) mass is 267 g/mol. The first-order chi connectivity index (χ1) is 9.59. The first-order valence-electron chi connectivity index (χ1n) is 7.13. The van der Waals surface area contributed by atoms with Crippen LogP contribution in [0.15, 0.2) is 54.6 Å². The second-order valence-electron chi connectivity index (χ2n) is 5.96. The number of aliphatic hydroxyl groups is 1. The number of fused-ring (bicyclic) bond motifs is 1. The van der Waals surface area contributed by atoms with Gasteiger partial charge < -0.3 is 10.0 Å². The number of hydrogen-bond donors (Lipinski definition) is 1. The summed E-state index contributed by atoms with van der Waals surface area (Å²) < 4.78 is 0. The highest BCUT2D eigenvalue weighted by molar-refractivity contribution is 5.37. The van der Waals surface area contributed by atoms with Gasteiger partial charge in [-0.1, -0.05) is 54.6 Å². The molecule has 0 radical (unpaired) electrons. The van der Waals surface area contributed by atoms with Crippen LogP contribution in [0, 0.1) is 0 Å². The van der Waals surface area contributed by atoms with Crippen molar-refractivity contribution in [2.75, 3.05) is 13.6 Å². The Labute approximate surface area is 120 Å². The minimum Gasteiger partial charge on any atom is -0.385 e. The fourth-order valence-electron chi connectivity index (χ4n) is 3.24. The van der Waals surface area contributed by atoms with Gasteiger partial charge in [-0.2, -0.15) is 0 Å². The Balaban J connectivity index is 2.06. The minimum atomic E-state index is -0.855. The lowest BCUT2D eigenvalue weighted by Gasteiger charge is -2.41. The van der Waals surface area contributed by atoms with Crippen LogP contribution in [0.3, 0.4) is 0 Å². The van der Waals surface area contributed by atoms with Gasteiger partial charge in [-0.15, -0.1) is 0 Å². The van der Waals surface area contributed by atoms with E-state index >= 15 is 0 Å². The summed E-state index contributed by atoms with van der Waals surface area (Å²) in [5.74, 6) is 0.0971. The number of benzene rings is 2. The third-order valence-electron chi connectivity index (χ3n) is 4.40. The maximum Gasteiger partial charge on any atom is 0.0949 e. The molecule has 1 N–H and O–H groups in total. The lowest BCUT2D eigenvalue weighted by atomic mass is 9.75. The zero-order valence-electron chi connectivity index (χ0n) is 12.1. The van der Waals surface area contributed by atoms with Crippen molar-refractivity contribution in [3.63, 3.8) is 0 Å². The molecule has 0 aromatic heterocycles. The second kappa shape index (κ2) is 5.04. The maximum absolute atomic E-state index is 11.1. The lowest BCUT2D eigenvalue weighted by molar-refractivity contribution is 0.00980. The van der Waals surface area contributed by atoms with E-state index in [2.05, 4.69) is 36.2 Å². The number of hydrogen-bond acceptors (Lipinski definition) is 2. The zero-order valence-corrected chi connectivity index (χ0v) is 12.1. The quantitative estimate of drug-likeness (QED) is 0.903. The highest BCUT2D eigenvalue weighted by Gasteiger charge is 2.38. The van der Waals surface area contributed by atoms with Crippen LogP contribution in [0.1, 0.15) is 29.5 Å². The van der Waals surface area contributed by atoms with Crippen molar-refractivity contribution >= 4 is 0 Å². The summed E-state index contributed by atoms with van der Waals surface area (Å²) >= 11 is 0. The lowest BCUT2D eigenvalue weighted by Crippen LogP contribution is -2.41. The Morgan fingerprint density at radius 1 is 1.05 bits per heavy atom. The molecule has 0 fully saturated rings. The standard InChI is InChI=1S/C18H21NO/c1-18(20,15-9-4-3-5-10-15)17-13-19(2)12-14-8-6-7-11-16(14)17/h3-11,17,20H,12-13H2,1-2H3. The third-order valence-corrected chi connectivity index (χ3v) is 4.40. The number of likely N-dealkylation sites (N-methyl/N-ethyl adjacent to an activating group) is 1. The molecule has 1 aliphatic heterocycles. The van der Waals surface area contributed by atoms with E-state index in [4.69, 9.17) is 0 Å². The van der Waals surface area contributed by atoms with Gasteiger partial charge in [-0.3, -0.25) is 0 Å². The van der Waals surface area contributed by atoms with Gasteiger partial charge in [0, 0.05) is 19.0 Å². The predicted octanol–water partition coefficient (Wildman–Crippen LogP) is 3.12. The van der Waals surface area contributed by atoms with Crippen molar-refractivity contribution < 1.29 is 5.11 Å². The van der Waals surface area contributed by atoms with Gasteiger partial charge in [-0.05, 0) is 30.7 Å². The first-order valence-corrected chi connectivity index (χ1v) is 7.13. The fourth-order valence-corrected chi connectivity index (χ4v) is 3.24. The van der Waals surface area contributed by atoms with Crippen LogP contribution in [0.2, 0.25) is 0 Å². The molecule has 2 atom stereocenters. The van der Waals surface area contributed by atoms with Crippen molar-refractivity contribution in [1.82, 2.24) is 4.90 Å². The molecular weight excluding hydrogens is 246 g/mol. The summed E-state index contributed by atoms with van der Waals surface area (Å²) in [6.45, 7) is 3.76. The van der Waals surface area contributed by atoms with E-state index in [1.165, 1.54) is 11.1 Å². The van der Waals surface area contributed by atoms with E-state index in [0.29, 0.717) is 0 Å². The average molecular weight is 267 g/mol. The van der Waals surface area contributed by atoms with E-state index in [-0.39, 0.29) is 5.92 Å². The fraction of sp³-hybridized carbons (Fsp3) is 0.333. The summed E-state index contributed by atoms with van der Waals surface area (Å²) in [7, 11) is 2.12. The molecule has 2 unspecified atom stereocenters. The Morgan fingerprint density at radius 2 is 1.70 bits per heavy atom. The molecule has 1 aliphatic rings. The molecule has 0 bridgehead atoms. The van der Waals surface area contributed by atoms with Gasteiger partial charge >= 0.3 is 0 Å². The Morgan fingerprint density at radius 3 is 2.45 bits per heavy atom. The van der Waals surface area contributed by atoms with Crippen LogP contribution in [-0.2, 0) is 12.1 Å². The SMILES string of the molecule is CN1Cc2ccccc2C(C(C)(O)c2ccccc2)C1. The normalized spacial score (nSPS) is 22.1. The maximum atomic E-state index is 11.1. The Kier molecular flexibility index (Phi) is 3.36. The molecule has 1 heterocycles. The van der Waals surface area contributed by atoms with Crippen LogP contribution >= 0.6 is 0 Å². The third kappa shape index (κ3) is 2.26. The van der Waals surface area contributed by atoms with Crippen molar-refractivity contribution in [3.05, 3.63) is 71.3 Å². The highest BCUT2D eigenvalue weighted by Crippen LogP contribution is 2.41. The predicted molar refractivity (Wildman–Crippen MR) is 81.5 cm³/mol. The molecule has 2 aromatic rings. The topological polar surface area (TPSA) is 23.5 Å². The molecule has 20 heavy (non-hydrogen) atoms. The molecule has 0 spiro atoms. The van der Waals surface area contributed by atoms with E-state index in [9.17, 15) is 5.11 Å². The summed E-state index contributed by atoms with van der Waals surface area (Å²) in [6.07, 6.45) is 0. The van der Waals surface area contributed by atoms with Gasteiger partial charge in [0.15, 0.2) is 0 Å². The Bertz CT molecular complexity index is 591. The average Bonchev–Trinajstić information content (AvgIpc) is 2.47. The summed E-state index contributed by atoms with van der Waals surface area (Å²) in [5.41, 5.74) is 2.73. The Hall–Kier alpha value is -1.64. The number of nitrogens with zero attached hydrogens (tertiary/aromatic N) is 1. The van der Waals surface area contributed by atoms with Crippen LogP contribution in [0.25, 0.3) is 0 Å². The molecule has 2 aromatic carbocycles. The van der Waals surface area contributed by atoms with Crippen LogP contribution in [-0.4, -0.2) is 23.6 Å². The molecular formula is C18H21NO. The van der Waals surface area contributed by atoms with Gasteiger partial charge in [0.1, 0.15) is 0 Å². The van der Waals surface area contributed by atoms with Crippen molar-refractivity contribution in [1.29, 1.82) is 0 Å². The van der Waals surface area contributed by atoms with E-state index in [1.807, 2.05) is 37.3 Å². The molecule has 0 saturated carbocycles. The van der Waals surface area contributed by atoms with E-state index in [0.717, 1.165) is 18.7 Å². The smallest absolute Gasteiger partial charge is 0.0949 e. The molecule has 0 amide bonds. The summed E-state index contributed by atoms with van der Waals surface area (Å²) in [6, 6.07) is 18.5. The van der Waals surface area contributed by atoms with Crippen LogP contribution in [0.5, 0.6) is 0 Å². The summed E-state index contributed by atoms with van der Waals surface area (Å²) in [4.78, 5) is 2.28. The number of rotatable bonds is 2.